The van der Waals surface area contributed by atoms with Crippen LogP contribution in [-0.4, -0.2) is 24.5 Å². The molecule has 1 aliphatic rings. The highest BCUT2D eigenvalue weighted by atomic mass is 16.5. The molecule has 124 valence electrons. The lowest BCUT2D eigenvalue weighted by Gasteiger charge is -2.31. The maximum absolute atomic E-state index is 12.9. The molecule has 0 aliphatic carbocycles. The zero-order chi connectivity index (χ0) is 17.1. The first-order valence-electron chi connectivity index (χ1n) is 8.02. The highest BCUT2D eigenvalue weighted by molar-refractivity contribution is 6.11. The van der Waals surface area contributed by atoms with Gasteiger partial charge in [0.05, 0.1) is 11.4 Å². The molecule has 24 heavy (non-hydrogen) atoms. The maximum Gasteiger partial charge on any atom is 0.268 e. The second kappa shape index (κ2) is 6.74. The van der Waals surface area contributed by atoms with Gasteiger partial charge in [-0.05, 0) is 43.2 Å². The summed E-state index contributed by atoms with van der Waals surface area (Å²) in [5, 5.41) is 2.79. The molecule has 1 N–H and O–H groups in total. The fraction of sp³-hybridized carbons (Fsp3) is 0.263. The summed E-state index contributed by atoms with van der Waals surface area (Å²) in [4.78, 5) is 26.4. The summed E-state index contributed by atoms with van der Waals surface area (Å²) in [6.07, 6.45) is -0.113. The van der Waals surface area contributed by atoms with Gasteiger partial charge in [-0.3, -0.25) is 14.5 Å². The van der Waals surface area contributed by atoms with Crippen molar-refractivity contribution in [2.45, 2.75) is 26.4 Å². The average Bonchev–Trinajstić information content (AvgIpc) is 2.58. The van der Waals surface area contributed by atoms with E-state index in [9.17, 15) is 9.59 Å². The Morgan fingerprint density at radius 3 is 2.79 bits per heavy atom. The molecule has 0 radical (unpaired) electrons. The Hall–Kier alpha value is -2.82. The van der Waals surface area contributed by atoms with Gasteiger partial charge in [0.15, 0.2) is 6.10 Å². The minimum atomic E-state index is -0.634. The Morgan fingerprint density at radius 2 is 2.04 bits per heavy atom. The Morgan fingerprint density at radius 1 is 1.25 bits per heavy atom. The molecule has 3 rings (SSSR count). The van der Waals surface area contributed by atoms with E-state index in [1.54, 1.807) is 6.07 Å². The number of para-hydroxylation sites is 2. The van der Waals surface area contributed by atoms with Crippen molar-refractivity contribution in [3.8, 4) is 5.75 Å². The number of carbonyl (C=O) groups is 2. The Bertz CT molecular complexity index is 773. The summed E-state index contributed by atoms with van der Waals surface area (Å²) in [7, 11) is 0. The number of nitrogens with one attached hydrogen (secondary N) is 1. The van der Waals surface area contributed by atoms with Crippen molar-refractivity contribution in [2.75, 3.05) is 16.8 Å². The first kappa shape index (κ1) is 16.1. The minimum absolute atomic E-state index is 0.00350. The van der Waals surface area contributed by atoms with E-state index in [2.05, 4.69) is 5.32 Å². The van der Waals surface area contributed by atoms with Gasteiger partial charge in [0.25, 0.3) is 5.91 Å². The van der Waals surface area contributed by atoms with Gasteiger partial charge in [0, 0.05) is 0 Å². The van der Waals surface area contributed by atoms with Crippen LogP contribution in [0, 0.1) is 6.92 Å². The Kier molecular flexibility index (Phi) is 4.51. The van der Waals surface area contributed by atoms with Crippen LogP contribution in [0.2, 0.25) is 0 Å². The molecule has 5 nitrogen and oxygen atoms in total. The molecule has 1 aliphatic heterocycles. The summed E-state index contributed by atoms with van der Waals surface area (Å²) in [5.41, 5.74) is 2.42. The van der Waals surface area contributed by atoms with Gasteiger partial charge < -0.3 is 10.1 Å². The first-order valence-corrected chi connectivity index (χ1v) is 8.02. The quantitative estimate of drug-likeness (QED) is 0.940. The van der Waals surface area contributed by atoms with E-state index in [1.165, 1.54) is 4.90 Å². The summed E-state index contributed by atoms with van der Waals surface area (Å²) >= 11 is 0. The predicted octanol–water partition coefficient (Wildman–Crippen LogP) is 3.14. The fourth-order valence-electron chi connectivity index (χ4n) is 2.76. The second-order valence-electron chi connectivity index (χ2n) is 5.82. The summed E-state index contributed by atoms with van der Waals surface area (Å²) in [5.74, 6) is 0.249. The lowest BCUT2D eigenvalue weighted by atomic mass is 10.1. The number of amides is 2. The summed E-state index contributed by atoms with van der Waals surface area (Å²) in [6.45, 7) is 3.87. The molecule has 0 aromatic heterocycles. The number of rotatable bonds is 4. The Labute approximate surface area is 141 Å². The van der Waals surface area contributed by atoms with E-state index >= 15 is 0 Å². The molecule has 2 amide bonds. The van der Waals surface area contributed by atoms with Crippen molar-refractivity contribution in [1.29, 1.82) is 0 Å². The van der Waals surface area contributed by atoms with Gasteiger partial charge in [-0.15, -0.1) is 0 Å². The van der Waals surface area contributed by atoms with Gasteiger partial charge >= 0.3 is 0 Å². The molecule has 0 unspecified atom stereocenters. The molecule has 0 bridgehead atoms. The summed E-state index contributed by atoms with van der Waals surface area (Å²) in [6, 6.07) is 14.9. The highest BCUT2D eigenvalue weighted by Gasteiger charge is 2.31. The molecule has 0 spiro atoms. The minimum Gasteiger partial charge on any atom is -0.481 e. The zero-order valence-corrected chi connectivity index (χ0v) is 13.8. The van der Waals surface area contributed by atoms with Crippen LogP contribution in [-0.2, 0) is 9.59 Å². The monoisotopic (exact) mass is 324 g/mol. The van der Waals surface area contributed by atoms with Crippen molar-refractivity contribution in [3.63, 3.8) is 0 Å². The van der Waals surface area contributed by atoms with Crippen molar-refractivity contribution < 1.29 is 14.3 Å². The normalized spacial score (nSPS) is 14.6. The number of hydrogen-bond acceptors (Lipinski definition) is 3. The molecule has 5 heteroatoms. The number of benzene rings is 2. The third kappa shape index (κ3) is 3.25. The smallest absolute Gasteiger partial charge is 0.268 e. The third-order valence-corrected chi connectivity index (χ3v) is 3.95. The van der Waals surface area contributed by atoms with Crippen LogP contribution in [0.5, 0.6) is 5.75 Å². The van der Waals surface area contributed by atoms with Crippen molar-refractivity contribution in [1.82, 2.24) is 0 Å². The van der Waals surface area contributed by atoms with Crippen LogP contribution in [0.15, 0.2) is 48.5 Å². The number of ether oxygens (including phenoxy) is 1. The van der Waals surface area contributed by atoms with Crippen molar-refractivity contribution in [2.24, 2.45) is 0 Å². The average molecular weight is 324 g/mol. The van der Waals surface area contributed by atoms with E-state index in [4.69, 9.17) is 4.74 Å². The van der Waals surface area contributed by atoms with Crippen molar-refractivity contribution >= 4 is 23.2 Å². The van der Waals surface area contributed by atoms with E-state index in [1.807, 2.05) is 56.3 Å². The molecule has 1 atom stereocenters. The Balaban J connectivity index is 1.85. The van der Waals surface area contributed by atoms with Gasteiger partial charge in [-0.2, -0.15) is 0 Å². The molecule has 0 fully saturated rings. The highest BCUT2D eigenvalue weighted by Crippen LogP contribution is 2.30. The second-order valence-corrected chi connectivity index (χ2v) is 5.82. The lowest BCUT2D eigenvalue weighted by Crippen LogP contribution is -2.48. The predicted molar refractivity (Wildman–Crippen MR) is 93.3 cm³/mol. The van der Waals surface area contributed by atoms with Crippen LogP contribution in [0.4, 0.5) is 11.4 Å². The van der Waals surface area contributed by atoms with Crippen molar-refractivity contribution in [3.05, 3.63) is 54.1 Å². The molecule has 0 saturated heterocycles. The lowest BCUT2D eigenvalue weighted by molar-refractivity contribution is -0.127. The topological polar surface area (TPSA) is 58.6 Å². The zero-order valence-electron chi connectivity index (χ0n) is 13.8. The number of hydrogen-bond donors (Lipinski definition) is 1. The fourth-order valence-corrected chi connectivity index (χ4v) is 2.76. The SMILES string of the molecule is CC[C@H](Oc1cccc(C)c1)C(=O)N1CC(=O)Nc2ccccc21. The summed E-state index contributed by atoms with van der Waals surface area (Å²) < 4.78 is 5.89. The van der Waals surface area contributed by atoms with Crippen LogP contribution in [0.3, 0.4) is 0 Å². The van der Waals surface area contributed by atoms with E-state index in [0.717, 1.165) is 5.56 Å². The number of anilines is 2. The third-order valence-electron chi connectivity index (χ3n) is 3.95. The molecular formula is C19H20N2O3. The number of carbonyl (C=O) groups excluding carboxylic acids is 2. The van der Waals surface area contributed by atoms with E-state index in [-0.39, 0.29) is 18.4 Å². The number of aryl methyl sites for hydroxylation is 1. The van der Waals surface area contributed by atoms with Crippen LogP contribution in [0.25, 0.3) is 0 Å². The maximum atomic E-state index is 12.9. The van der Waals surface area contributed by atoms with Crippen LogP contribution < -0.4 is 15.0 Å². The number of fused-ring (bicyclic) bond motifs is 1. The molecule has 2 aromatic carbocycles. The van der Waals surface area contributed by atoms with Gasteiger partial charge in [0.1, 0.15) is 12.3 Å². The van der Waals surface area contributed by atoms with E-state index in [0.29, 0.717) is 23.5 Å². The van der Waals surface area contributed by atoms with Gasteiger partial charge in [-0.1, -0.05) is 31.2 Å². The largest absolute Gasteiger partial charge is 0.481 e. The van der Waals surface area contributed by atoms with Crippen LogP contribution in [0.1, 0.15) is 18.9 Å². The van der Waals surface area contributed by atoms with Gasteiger partial charge in [0.2, 0.25) is 5.91 Å². The molecule has 0 saturated carbocycles. The standard InChI is InChI=1S/C19H20N2O3/c1-3-17(24-14-8-6-7-13(2)11-14)19(23)21-12-18(22)20-15-9-4-5-10-16(15)21/h4-11,17H,3,12H2,1-2H3,(H,20,22)/t17-/m0/s1. The first-order chi connectivity index (χ1) is 11.6. The van der Waals surface area contributed by atoms with E-state index < -0.39 is 6.10 Å². The molecule has 1 heterocycles. The molecular weight excluding hydrogens is 304 g/mol. The van der Waals surface area contributed by atoms with Gasteiger partial charge in [-0.25, -0.2) is 0 Å². The number of nitrogens with zero attached hydrogens (tertiary/aromatic N) is 1. The van der Waals surface area contributed by atoms with Crippen LogP contribution >= 0.6 is 0 Å². The molecule has 2 aromatic rings.